The van der Waals surface area contributed by atoms with E-state index in [1.165, 1.54) is 0 Å². The molecule has 0 aliphatic rings. The van der Waals surface area contributed by atoms with Crippen molar-refractivity contribution in [2.75, 3.05) is 0 Å². The van der Waals surface area contributed by atoms with Gasteiger partial charge in [-0.25, -0.2) is 4.98 Å². The molecule has 0 radical (unpaired) electrons. The molecule has 1 aromatic carbocycles. The molecule has 0 amide bonds. The van der Waals surface area contributed by atoms with Gasteiger partial charge in [-0.15, -0.1) is 0 Å². The number of hydrogen-bond acceptors (Lipinski definition) is 2. The summed E-state index contributed by atoms with van der Waals surface area (Å²) in [4.78, 5) is 14.6. The summed E-state index contributed by atoms with van der Waals surface area (Å²) < 4.78 is 0. The third-order valence-corrected chi connectivity index (χ3v) is 2.65. The quantitative estimate of drug-likeness (QED) is 0.849. The molecular formula is C13H10ClNO2. The van der Waals surface area contributed by atoms with E-state index in [0.29, 0.717) is 5.15 Å². The van der Waals surface area contributed by atoms with E-state index in [1.54, 1.807) is 18.3 Å². The molecular weight excluding hydrogens is 238 g/mol. The lowest BCUT2D eigenvalue weighted by atomic mass is 10.0. The second kappa shape index (κ2) is 4.97. The highest BCUT2D eigenvalue weighted by Crippen LogP contribution is 2.26. The third kappa shape index (κ3) is 2.82. The lowest BCUT2D eigenvalue weighted by Crippen LogP contribution is -1.99. The zero-order valence-corrected chi connectivity index (χ0v) is 9.69. The lowest BCUT2D eigenvalue weighted by Gasteiger charge is -2.05. The van der Waals surface area contributed by atoms with E-state index >= 15 is 0 Å². The molecule has 0 bridgehead atoms. The molecule has 0 atom stereocenters. The molecule has 1 N–H and O–H groups in total. The molecule has 1 heterocycles. The minimum absolute atomic E-state index is 0.00568. The van der Waals surface area contributed by atoms with Gasteiger partial charge in [-0.05, 0) is 23.3 Å². The summed E-state index contributed by atoms with van der Waals surface area (Å²) >= 11 is 5.99. The van der Waals surface area contributed by atoms with Crippen molar-refractivity contribution in [2.24, 2.45) is 0 Å². The highest BCUT2D eigenvalue weighted by atomic mass is 35.5. The van der Waals surface area contributed by atoms with E-state index < -0.39 is 5.97 Å². The number of benzene rings is 1. The standard InChI is InChI=1S/C13H10ClNO2/c14-13-11(5-2-6-15-13)10-4-1-3-9(7-10)8-12(16)17/h1-7H,8H2,(H,16,17). The smallest absolute Gasteiger partial charge is 0.307 e. The van der Waals surface area contributed by atoms with E-state index in [-0.39, 0.29) is 6.42 Å². The van der Waals surface area contributed by atoms with Crippen molar-refractivity contribution in [1.29, 1.82) is 0 Å². The summed E-state index contributed by atoms with van der Waals surface area (Å²) in [6.45, 7) is 0. The van der Waals surface area contributed by atoms with Crippen LogP contribution in [0.25, 0.3) is 11.1 Å². The number of carbonyl (C=O) groups is 1. The molecule has 17 heavy (non-hydrogen) atoms. The summed E-state index contributed by atoms with van der Waals surface area (Å²) in [5.41, 5.74) is 2.43. The highest BCUT2D eigenvalue weighted by Gasteiger charge is 2.06. The van der Waals surface area contributed by atoms with Gasteiger partial charge in [0.05, 0.1) is 6.42 Å². The molecule has 0 saturated heterocycles. The molecule has 2 rings (SSSR count). The van der Waals surface area contributed by atoms with E-state index in [1.807, 2.05) is 24.3 Å². The van der Waals surface area contributed by atoms with Gasteiger partial charge in [-0.2, -0.15) is 0 Å². The van der Waals surface area contributed by atoms with Gasteiger partial charge in [0.2, 0.25) is 0 Å². The van der Waals surface area contributed by atoms with Crippen molar-refractivity contribution < 1.29 is 9.90 Å². The van der Waals surface area contributed by atoms with Gasteiger partial charge in [0, 0.05) is 11.8 Å². The first kappa shape index (κ1) is 11.6. The number of carboxylic acids is 1. The second-order valence-corrected chi connectivity index (χ2v) is 3.97. The Morgan fingerprint density at radius 1 is 1.29 bits per heavy atom. The number of carboxylic acid groups (broad SMARTS) is 1. The largest absolute Gasteiger partial charge is 0.481 e. The maximum Gasteiger partial charge on any atom is 0.307 e. The summed E-state index contributed by atoms with van der Waals surface area (Å²) in [5, 5.41) is 9.16. The van der Waals surface area contributed by atoms with Gasteiger partial charge in [0.1, 0.15) is 5.15 Å². The molecule has 0 unspecified atom stereocenters. The van der Waals surface area contributed by atoms with Crippen LogP contribution >= 0.6 is 11.6 Å². The minimum Gasteiger partial charge on any atom is -0.481 e. The average Bonchev–Trinajstić information content (AvgIpc) is 2.29. The van der Waals surface area contributed by atoms with Crippen LogP contribution in [0.1, 0.15) is 5.56 Å². The number of hydrogen-bond donors (Lipinski definition) is 1. The van der Waals surface area contributed by atoms with Crippen molar-refractivity contribution in [3.05, 3.63) is 53.3 Å². The topological polar surface area (TPSA) is 50.2 Å². The van der Waals surface area contributed by atoms with Crippen LogP contribution in [0.4, 0.5) is 0 Å². The molecule has 0 aliphatic heterocycles. The Labute approximate surface area is 104 Å². The summed E-state index contributed by atoms with van der Waals surface area (Å²) in [5.74, 6) is -0.848. The van der Waals surface area contributed by atoms with Crippen LogP contribution < -0.4 is 0 Å². The molecule has 0 fully saturated rings. The van der Waals surface area contributed by atoms with E-state index in [9.17, 15) is 4.79 Å². The van der Waals surface area contributed by atoms with E-state index in [4.69, 9.17) is 16.7 Å². The first-order valence-electron chi connectivity index (χ1n) is 5.08. The first-order valence-corrected chi connectivity index (χ1v) is 5.46. The van der Waals surface area contributed by atoms with Crippen LogP contribution in [0.5, 0.6) is 0 Å². The first-order chi connectivity index (χ1) is 8.16. The maximum atomic E-state index is 10.6. The van der Waals surface area contributed by atoms with E-state index in [2.05, 4.69) is 4.98 Å². The Morgan fingerprint density at radius 2 is 2.12 bits per heavy atom. The summed E-state index contributed by atoms with van der Waals surface area (Å²) in [6, 6.07) is 10.9. The summed E-state index contributed by atoms with van der Waals surface area (Å²) in [6.07, 6.45) is 1.62. The van der Waals surface area contributed by atoms with Crippen LogP contribution in [0, 0.1) is 0 Å². The fourth-order valence-corrected chi connectivity index (χ4v) is 1.85. The van der Waals surface area contributed by atoms with Crippen LogP contribution in [0.2, 0.25) is 5.15 Å². The van der Waals surface area contributed by atoms with Crippen LogP contribution in [-0.2, 0) is 11.2 Å². The second-order valence-electron chi connectivity index (χ2n) is 3.61. The maximum absolute atomic E-state index is 10.6. The predicted molar refractivity (Wildman–Crippen MR) is 66.0 cm³/mol. The van der Waals surface area contributed by atoms with Crippen LogP contribution in [0.3, 0.4) is 0 Å². The SMILES string of the molecule is O=C(O)Cc1cccc(-c2cccnc2Cl)c1. The fourth-order valence-electron chi connectivity index (χ4n) is 1.62. The Morgan fingerprint density at radius 3 is 2.82 bits per heavy atom. The predicted octanol–water partition coefficient (Wildman–Crippen LogP) is 3.03. The van der Waals surface area contributed by atoms with Gasteiger partial charge in [0.25, 0.3) is 0 Å². The van der Waals surface area contributed by atoms with Gasteiger partial charge in [-0.1, -0.05) is 35.9 Å². The molecule has 86 valence electrons. The Balaban J connectivity index is 2.40. The Bertz CT molecular complexity index is 555. The molecule has 2 aromatic rings. The van der Waals surface area contributed by atoms with Gasteiger partial charge >= 0.3 is 5.97 Å². The Kier molecular flexibility index (Phi) is 3.40. The number of nitrogens with zero attached hydrogens (tertiary/aromatic N) is 1. The van der Waals surface area contributed by atoms with Crippen molar-refractivity contribution in [3.8, 4) is 11.1 Å². The monoisotopic (exact) mass is 247 g/mol. The Hall–Kier alpha value is -1.87. The van der Waals surface area contributed by atoms with Crippen molar-refractivity contribution >= 4 is 17.6 Å². The fraction of sp³-hybridized carbons (Fsp3) is 0.0769. The van der Waals surface area contributed by atoms with Crippen LogP contribution in [-0.4, -0.2) is 16.1 Å². The van der Waals surface area contributed by atoms with Gasteiger partial charge in [-0.3, -0.25) is 4.79 Å². The number of aliphatic carboxylic acids is 1. The number of rotatable bonds is 3. The average molecular weight is 248 g/mol. The van der Waals surface area contributed by atoms with E-state index in [0.717, 1.165) is 16.7 Å². The van der Waals surface area contributed by atoms with Crippen LogP contribution in [0.15, 0.2) is 42.6 Å². The van der Waals surface area contributed by atoms with Crippen molar-refractivity contribution in [1.82, 2.24) is 4.98 Å². The molecule has 0 saturated carbocycles. The molecule has 1 aromatic heterocycles. The molecule has 0 spiro atoms. The number of pyridine rings is 1. The molecule has 3 nitrogen and oxygen atoms in total. The number of aromatic nitrogens is 1. The van der Waals surface area contributed by atoms with Crippen molar-refractivity contribution in [2.45, 2.75) is 6.42 Å². The number of halogens is 1. The third-order valence-electron chi connectivity index (χ3n) is 2.35. The normalized spacial score (nSPS) is 10.2. The zero-order valence-electron chi connectivity index (χ0n) is 8.93. The minimum atomic E-state index is -0.848. The summed E-state index contributed by atoms with van der Waals surface area (Å²) in [7, 11) is 0. The van der Waals surface area contributed by atoms with Crippen molar-refractivity contribution in [3.63, 3.8) is 0 Å². The molecule has 4 heteroatoms. The van der Waals surface area contributed by atoms with Gasteiger partial charge < -0.3 is 5.11 Å². The zero-order chi connectivity index (χ0) is 12.3. The molecule has 0 aliphatic carbocycles. The highest BCUT2D eigenvalue weighted by molar-refractivity contribution is 6.32. The lowest BCUT2D eigenvalue weighted by molar-refractivity contribution is -0.136. The van der Waals surface area contributed by atoms with Gasteiger partial charge in [0.15, 0.2) is 0 Å².